The van der Waals surface area contributed by atoms with Crippen molar-refractivity contribution in [2.24, 2.45) is 5.92 Å². The standard InChI is InChI=1S/C24H18ClFN4O3S/c25-22-13-28-11-14-3-4-15(8-19(14)22)29-24(31)21-10-20(21)18-6-5-17(9-23(18)26)34(32,33)30-16-2-1-7-27-12-16/h1-9,11-13,20-21,30H,10H2,(H,29,31)/t20-,21+/m0/s1. The van der Waals surface area contributed by atoms with Crippen molar-refractivity contribution in [2.45, 2.75) is 17.2 Å². The van der Waals surface area contributed by atoms with Gasteiger partial charge in [-0.05, 0) is 54.3 Å². The van der Waals surface area contributed by atoms with Crippen LogP contribution in [0.5, 0.6) is 0 Å². The first-order valence-corrected chi connectivity index (χ1v) is 12.2. The summed E-state index contributed by atoms with van der Waals surface area (Å²) in [4.78, 5) is 20.4. The molecule has 1 aliphatic rings. The average Bonchev–Trinajstić information content (AvgIpc) is 3.61. The van der Waals surface area contributed by atoms with Gasteiger partial charge < -0.3 is 5.32 Å². The summed E-state index contributed by atoms with van der Waals surface area (Å²) in [7, 11) is -3.97. The molecule has 2 atom stereocenters. The van der Waals surface area contributed by atoms with E-state index in [0.717, 1.165) is 16.8 Å². The van der Waals surface area contributed by atoms with E-state index in [1.807, 2.05) is 6.07 Å². The minimum absolute atomic E-state index is 0.207. The van der Waals surface area contributed by atoms with Crippen LogP contribution in [0.25, 0.3) is 10.8 Å². The first-order valence-electron chi connectivity index (χ1n) is 10.4. The monoisotopic (exact) mass is 496 g/mol. The van der Waals surface area contributed by atoms with Gasteiger partial charge in [0.25, 0.3) is 10.0 Å². The third kappa shape index (κ3) is 4.44. The van der Waals surface area contributed by atoms with Crippen molar-refractivity contribution in [3.63, 3.8) is 0 Å². The number of carbonyl (C=O) groups is 1. The number of amides is 1. The molecule has 2 aromatic carbocycles. The first-order chi connectivity index (χ1) is 16.3. The minimum atomic E-state index is -3.97. The summed E-state index contributed by atoms with van der Waals surface area (Å²) in [6, 6.07) is 12.2. The van der Waals surface area contributed by atoms with E-state index in [9.17, 15) is 17.6 Å². The SMILES string of the molecule is O=C(Nc1ccc2cncc(Cl)c2c1)[C@@H]1C[C@H]1c1ccc(S(=O)(=O)Nc2cccnc2)cc1F. The molecular formula is C24H18ClFN4O3S. The maximum absolute atomic E-state index is 14.8. The fourth-order valence-electron chi connectivity index (χ4n) is 3.88. The van der Waals surface area contributed by atoms with Crippen LogP contribution in [0, 0.1) is 11.7 Å². The molecule has 5 rings (SSSR count). The number of rotatable bonds is 6. The van der Waals surface area contributed by atoms with Crippen LogP contribution in [0.2, 0.25) is 5.02 Å². The Morgan fingerprint density at radius 2 is 1.88 bits per heavy atom. The lowest BCUT2D eigenvalue weighted by Crippen LogP contribution is -2.15. The van der Waals surface area contributed by atoms with Gasteiger partial charge in [0.2, 0.25) is 5.91 Å². The average molecular weight is 497 g/mol. The Bertz CT molecular complexity index is 1520. The van der Waals surface area contributed by atoms with Gasteiger partial charge in [-0.1, -0.05) is 23.7 Å². The van der Waals surface area contributed by atoms with Crippen molar-refractivity contribution in [3.8, 4) is 0 Å². The molecule has 2 heterocycles. The topological polar surface area (TPSA) is 101 Å². The molecule has 0 bridgehead atoms. The van der Waals surface area contributed by atoms with Crippen molar-refractivity contribution in [1.82, 2.24) is 9.97 Å². The number of nitrogens with one attached hydrogen (secondary N) is 2. The molecule has 1 fully saturated rings. The van der Waals surface area contributed by atoms with Crippen molar-refractivity contribution < 1.29 is 17.6 Å². The molecule has 0 unspecified atom stereocenters. The van der Waals surface area contributed by atoms with E-state index in [0.29, 0.717) is 22.7 Å². The lowest BCUT2D eigenvalue weighted by atomic mass is 10.1. The normalized spacial score (nSPS) is 17.4. The van der Waals surface area contributed by atoms with Crippen molar-refractivity contribution >= 4 is 49.7 Å². The van der Waals surface area contributed by atoms with Gasteiger partial charge in [0.1, 0.15) is 5.82 Å². The molecule has 0 aliphatic heterocycles. The predicted molar refractivity (Wildman–Crippen MR) is 128 cm³/mol. The van der Waals surface area contributed by atoms with Crippen LogP contribution in [0.4, 0.5) is 15.8 Å². The zero-order valence-corrected chi connectivity index (χ0v) is 19.1. The molecule has 34 heavy (non-hydrogen) atoms. The molecule has 4 aromatic rings. The van der Waals surface area contributed by atoms with Gasteiger partial charge in [0.15, 0.2) is 0 Å². The third-order valence-electron chi connectivity index (χ3n) is 5.70. The van der Waals surface area contributed by atoms with E-state index in [2.05, 4.69) is 20.0 Å². The number of hydrogen-bond donors (Lipinski definition) is 2. The highest BCUT2D eigenvalue weighted by Crippen LogP contribution is 2.49. The molecule has 0 saturated heterocycles. The van der Waals surface area contributed by atoms with E-state index in [4.69, 9.17) is 11.6 Å². The smallest absolute Gasteiger partial charge is 0.262 e. The summed E-state index contributed by atoms with van der Waals surface area (Å²) in [5.74, 6) is -1.63. The van der Waals surface area contributed by atoms with Gasteiger partial charge in [-0.25, -0.2) is 12.8 Å². The molecule has 10 heteroatoms. The van der Waals surface area contributed by atoms with Gasteiger partial charge in [-0.15, -0.1) is 0 Å². The molecule has 172 valence electrons. The van der Waals surface area contributed by atoms with Crippen LogP contribution in [0.1, 0.15) is 17.9 Å². The Morgan fingerprint density at radius 1 is 1.03 bits per heavy atom. The second-order valence-electron chi connectivity index (χ2n) is 8.03. The number of halogens is 2. The molecule has 2 aromatic heterocycles. The van der Waals surface area contributed by atoms with Gasteiger partial charge in [0.05, 0.1) is 21.8 Å². The lowest BCUT2D eigenvalue weighted by molar-refractivity contribution is -0.117. The van der Waals surface area contributed by atoms with E-state index < -0.39 is 21.8 Å². The quantitative estimate of drug-likeness (QED) is 0.392. The summed E-state index contributed by atoms with van der Waals surface area (Å²) in [5, 5.41) is 4.95. The second-order valence-corrected chi connectivity index (χ2v) is 10.1. The maximum Gasteiger partial charge on any atom is 0.262 e. The summed E-state index contributed by atoms with van der Waals surface area (Å²) in [6.07, 6.45) is 6.56. The first kappa shape index (κ1) is 22.2. The van der Waals surface area contributed by atoms with E-state index in [1.54, 1.807) is 30.5 Å². The number of anilines is 2. The highest BCUT2D eigenvalue weighted by Gasteiger charge is 2.45. The minimum Gasteiger partial charge on any atom is -0.326 e. The summed E-state index contributed by atoms with van der Waals surface area (Å²) in [6.45, 7) is 0. The largest absolute Gasteiger partial charge is 0.326 e. The Morgan fingerprint density at radius 3 is 2.65 bits per heavy atom. The molecule has 0 spiro atoms. The molecule has 7 nitrogen and oxygen atoms in total. The third-order valence-corrected chi connectivity index (χ3v) is 7.38. The van der Waals surface area contributed by atoms with E-state index in [-0.39, 0.29) is 22.4 Å². The Kier molecular flexibility index (Phi) is 5.66. The second kappa shape index (κ2) is 8.66. The van der Waals surface area contributed by atoms with Crippen LogP contribution in [0.15, 0.2) is 78.2 Å². The molecule has 1 saturated carbocycles. The number of carbonyl (C=O) groups excluding carboxylic acids is 1. The Hall–Kier alpha value is -3.56. The number of fused-ring (bicyclic) bond motifs is 1. The summed E-state index contributed by atoms with van der Waals surface area (Å²) >= 11 is 6.18. The van der Waals surface area contributed by atoms with E-state index >= 15 is 0 Å². The van der Waals surface area contributed by atoms with Crippen LogP contribution in [-0.2, 0) is 14.8 Å². The Balaban J connectivity index is 1.29. The number of hydrogen-bond acceptors (Lipinski definition) is 5. The molecular weight excluding hydrogens is 479 g/mol. The van der Waals surface area contributed by atoms with Crippen LogP contribution in [0.3, 0.4) is 0 Å². The van der Waals surface area contributed by atoms with Crippen LogP contribution >= 0.6 is 11.6 Å². The molecule has 2 N–H and O–H groups in total. The number of aromatic nitrogens is 2. The fraction of sp³-hybridized carbons (Fsp3) is 0.125. The predicted octanol–water partition coefficient (Wildman–Crippen LogP) is 4.97. The van der Waals surface area contributed by atoms with E-state index in [1.165, 1.54) is 30.7 Å². The number of benzene rings is 2. The van der Waals surface area contributed by atoms with Crippen molar-refractivity contribution in [3.05, 3.63) is 89.7 Å². The lowest BCUT2D eigenvalue weighted by Gasteiger charge is -2.10. The maximum atomic E-state index is 14.8. The number of pyridine rings is 2. The van der Waals surface area contributed by atoms with Crippen molar-refractivity contribution in [2.75, 3.05) is 10.0 Å². The summed E-state index contributed by atoms with van der Waals surface area (Å²) < 4.78 is 42.3. The number of sulfonamides is 1. The molecule has 1 amide bonds. The zero-order valence-electron chi connectivity index (χ0n) is 17.6. The summed E-state index contributed by atoms with van der Waals surface area (Å²) in [5.41, 5.74) is 1.17. The highest BCUT2D eigenvalue weighted by molar-refractivity contribution is 7.92. The van der Waals surface area contributed by atoms with Gasteiger partial charge in [-0.3, -0.25) is 19.5 Å². The van der Waals surface area contributed by atoms with Gasteiger partial charge in [0, 0.05) is 41.0 Å². The van der Waals surface area contributed by atoms with Gasteiger partial charge in [-0.2, -0.15) is 0 Å². The van der Waals surface area contributed by atoms with Gasteiger partial charge >= 0.3 is 0 Å². The molecule has 1 aliphatic carbocycles. The fourth-order valence-corrected chi connectivity index (χ4v) is 5.16. The van der Waals surface area contributed by atoms with Crippen LogP contribution < -0.4 is 10.0 Å². The molecule has 0 radical (unpaired) electrons. The highest BCUT2D eigenvalue weighted by atomic mass is 35.5. The van der Waals surface area contributed by atoms with Crippen molar-refractivity contribution in [1.29, 1.82) is 0 Å². The number of nitrogens with zero attached hydrogens (tertiary/aromatic N) is 2. The Labute approximate surface area is 200 Å². The zero-order chi connectivity index (χ0) is 23.9. The van der Waals surface area contributed by atoms with Crippen LogP contribution in [-0.4, -0.2) is 24.3 Å².